The smallest absolute Gasteiger partial charge is 0.294 e. The van der Waals surface area contributed by atoms with Crippen molar-refractivity contribution in [3.63, 3.8) is 0 Å². The molecule has 0 amide bonds. The molecular weight excluding hydrogens is 266 g/mol. The third-order valence-electron chi connectivity index (χ3n) is 2.28. The summed E-state index contributed by atoms with van der Waals surface area (Å²) in [5, 5.41) is 10.6. The predicted molar refractivity (Wildman–Crippen MR) is 74.7 cm³/mol. The van der Waals surface area contributed by atoms with Crippen molar-refractivity contribution in [1.29, 1.82) is 0 Å². The quantitative estimate of drug-likeness (QED) is 0.576. The number of rotatable bonds is 2. The Morgan fingerprint density at radius 3 is 2.37 bits per heavy atom. The molecule has 19 heavy (non-hydrogen) atoms. The van der Waals surface area contributed by atoms with Gasteiger partial charge in [-0.3, -0.25) is 4.55 Å². The van der Waals surface area contributed by atoms with E-state index in [1.807, 2.05) is 0 Å². The highest BCUT2D eigenvalue weighted by molar-refractivity contribution is 7.85. The Kier molecular flexibility index (Phi) is 5.05. The molecule has 0 saturated heterocycles. The minimum atomic E-state index is -4.28. The van der Waals surface area contributed by atoms with E-state index in [1.165, 1.54) is 6.07 Å². The minimum Gasteiger partial charge on any atom is -0.507 e. The molecule has 0 aliphatic carbocycles. The van der Waals surface area contributed by atoms with Gasteiger partial charge in [0.05, 0.1) is 4.90 Å². The Morgan fingerprint density at radius 1 is 1.26 bits per heavy atom. The van der Waals surface area contributed by atoms with Crippen LogP contribution >= 0.6 is 0 Å². The number of benzene rings is 2. The van der Waals surface area contributed by atoms with Crippen LogP contribution in [0.25, 0.3) is 10.8 Å². The molecule has 0 radical (unpaired) electrons. The molecule has 0 aliphatic heterocycles. The summed E-state index contributed by atoms with van der Waals surface area (Å²) >= 11 is 0. The van der Waals surface area contributed by atoms with Gasteiger partial charge in [0, 0.05) is 18.0 Å². The highest BCUT2D eigenvalue weighted by atomic mass is 32.2. The van der Waals surface area contributed by atoms with Crippen LogP contribution in [0.2, 0.25) is 0 Å². The van der Waals surface area contributed by atoms with E-state index in [-0.39, 0.29) is 10.6 Å². The molecule has 0 aromatic heterocycles. The first-order chi connectivity index (χ1) is 8.90. The first kappa shape index (κ1) is 15.2. The molecule has 2 aromatic carbocycles. The zero-order chi connectivity index (χ0) is 14.5. The van der Waals surface area contributed by atoms with Crippen LogP contribution in [0.1, 0.15) is 0 Å². The van der Waals surface area contributed by atoms with Crippen LogP contribution in [0.5, 0.6) is 5.75 Å². The van der Waals surface area contributed by atoms with Crippen LogP contribution in [-0.2, 0) is 10.1 Å². The normalized spacial score (nSPS) is 10.6. The van der Waals surface area contributed by atoms with E-state index in [1.54, 1.807) is 30.3 Å². The van der Waals surface area contributed by atoms with Gasteiger partial charge in [-0.1, -0.05) is 30.3 Å². The van der Waals surface area contributed by atoms with Gasteiger partial charge in [0.1, 0.15) is 5.75 Å². The highest BCUT2D eigenvalue weighted by Crippen LogP contribution is 2.28. The molecule has 0 atom stereocenters. The van der Waals surface area contributed by atoms with E-state index in [9.17, 15) is 13.5 Å². The maximum absolute atomic E-state index is 10.9. The number of fused-ring (bicyclic) bond motifs is 1. The van der Waals surface area contributed by atoms with Crippen LogP contribution in [0.15, 0.2) is 53.9 Å². The molecule has 0 fully saturated rings. The summed E-state index contributed by atoms with van der Waals surface area (Å²) in [6.45, 7) is 3.94. The molecule has 0 heterocycles. The van der Waals surface area contributed by atoms with Gasteiger partial charge >= 0.3 is 0 Å². The first-order valence-electron chi connectivity index (χ1n) is 5.40. The zero-order valence-electron chi connectivity index (χ0n) is 10.2. The van der Waals surface area contributed by atoms with E-state index < -0.39 is 10.1 Å². The number of aromatic hydroxyl groups is 1. The molecule has 4 N–H and O–H groups in total. The maximum atomic E-state index is 10.9. The summed E-state index contributed by atoms with van der Waals surface area (Å²) in [7, 11) is -4.28. The number of hydrogen-bond acceptors (Lipinski definition) is 4. The Balaban J connectivity index is 0.000000399. The van der Waals surface area contributed by atoms with Crippen LogP contribution in [0.4, 0.5) is 0 Å². The second-order valence-electron chi connectivity index (χ2n) is 3.66. The standard InChI is InChI=1S/C10H8O4S.C3H7N/c11-10-6-8(15(12,13)14)5-7-3-1-2-4-9(7)10;1-2-3-4/h1-6,11H,(H,12,13,14);2H,1,3-4H2. The summed E-state index contributed by atoms with van der Waals surface area (Å²) in [5.74, 6) is -0.166. The Hall–Kier alpha value is -1.89. The monoisotopic (exact) mass is 281 g/mol. The molecule has 102 valence electrons. The van der Waals surface area contributed by atoms with Crippen LogP contribution in [0, 0.1) is 0 Å². The summed E-state index contributed by atoms with van der Waals surface area (Å²) in [6.07, 6.45) is 1.65. The fourth-order valence-electron chi connectivity index (χ4n) is 1.41. The molecule has 0 unspecified atom stereocenters. The average molecular weight is 281 g/mol. The molecule has 0 aliphatic rings. The second-order valence-corrected chi connectivity index (χ2v) is 5.08. The highest BCUT2D eigenvalue weighted by Gasteiger charge is 2.12. The molecule has 2 aromatic rings. The topological polar surface area (TPSA) is 101 Å². The largest absolute Gasteiger partial charge is 0.507 e. The van der Waals surface area contributed by atoms with Crippen molar-refractivity contribution in [2.75, 3.05) is 6.54 Å². The third-order valence-corrected chi connectivity index (χ3v) is 3.11. The molecule has 5 nitrogen and oxygen atoms in total. The lowest BCUT2D eigenvalue weighted by molar-refractivity contribution is 0.471. The van der Waals surface area contributed by atoms with E-state index >= 15 is 0 Å². The second kappa shape index (κ2) is 6.33. The van der Waals surface area contributed by atoms with Crippen molar-refractivity contribution < 1.29 is 18.1 Å². The van der Waals surface area contributed by atoms with Gasteiger partial charge in [0.2, 0.25) is 0 Å². The number of nitrogens with two attached hydrogens (primary N) is 1. The molecule has 2 rings (SSSR count). The summed E-state index contributed by atoms with van der Waals surface area (Å²) < 4.78 is 30.6. The van der Waals surface area contributed by atoms with E-state index in [0.29, 0.717) is 17.3 Å². The van der Waals surface area contributed by atoms with Gasteiger partial charge in [0.25, 0.3) is 10.1 Å². The first-order valence-corrected chi connectivity index (χ1v) is 6.84. The minimum absolute atomic E-state index is 0.166. The summed E-state index contributed by atoms with van der Waals surface area (Å²) in [5.41, 5.74) is 4.91. The van der Waals surface area contributed by atoms with Crippen LogP contribution < -0.4 is 5.73 Å². The van der Waals surface area contributed by atoms with Crippen molar-refractivity contribution >= 4 is 20.9 Å². The van der Waals surface area contributed by atoms with Gasteiger partial charge in [0.15, 0.2) is 0 Å². The lowest BCUT2D eigenvalue weighted by Crippen LogP contribution is -1.97. The lowest BCUT2D eigenvalue weighted by Gasteiger charge is -2.03. The van der Waals surface area contributed by atoms with E-state index in [0.717, 1.165) is 6.07 Å². The van der Waals surface area contributed by atoms with Gasteiger partial charge in [-0.15, -0.1) is 6.58 Å². The Labute approximate surface area is 111 Å². The Morgan fingerprint density at radius 2 is 1.84 bits per heavy atom. The van der Waals surface area contributed by atoms with Crippen LogP contribution in [0.3, 0.4) is 0 Å². The van der Waals surface area contributed by atoms with Crippen molar-refractivity contribution in [2.24, 2.45) is 5.73 Å². The Bertz CT molecular complexity index is 680. The lowest BCUT2D eigenvalue weighted by atomic mass is 10.1. The van der Waals surface area contributed by atoms with Crippen molar-refractivity contribution in [1.82, 2.24) is 0 Å². The third kappa shape index (κ3) is 4.06. The van der Waals surface area contributed by atoms with Crippen molar-refractivity contribution in [2.45, 2.75) is 4.90 Å². The molecule has 0 saturated carbocycles. The van der Waals surface area contributed by atoms with Gasteiger partial charge < -0.3 is 10.8 Å². The fourth-order valence-corrected chi connectivity index (χ4v) is 1.95. The summed E-state index contributed by atoms with van der Waals surface area (Å²) in [6, 6.07) is 9.11. The van der Waals surface area contributed by atoms with Gasteiger partial charge in [-0.2, -0.15) is 8.42 Å². The summed E-state index contributed by atoms with van der Waals surface area (Å²) in [4.78, 5) is -0.307. The zero-order valence-corrected chi connectivity index (χ0v) is 11.0. The van der Waals surface area contributed by atoms with Crippen LogP contribution in [-0.4, -0.2) is 24.6 Å². The SMILES string of the molecule is C=CCN.O=S(=O)(O)c1cc(O)c2ccccc2c1. The van der Waals surface area contributed by atoms with Gasteiger partial charge in [-0.05, 0) is 11.5 Å². The molecule has 0 spiro atoms. The predicted octanol–water partition coefficient (Wildman–Crippen LogP) is 1.92. The fraction of sp³-hybridized carbons (Fsp3) is 0.0769. The van der Waals surface area contributed by atoms with E-state index in [4.69, 9.17) is 10.3 Å². The molecular formula is C13H15NO4S. The van der Waals surface area contributed by atoms with Gasteiger partial charge in [-0.25, -0.2) is 0 Å². The molecule has 0 bridgehead atoms. The number of phenols is 1. The van der Waals surface area contributed by atoms with Crippen molar-refractivity contribution in [3.05, 3.63) is 49.1 Å². The molecule has 6 heteroatoms. The number of hydrogen-bond donors (Lipinski definition) is 3. The average Bonchev–Trinajstić information content (AvgIpc) is 2.38. The van der Waals surface area contributed by atoms with Crippen molar-refractivity contribution in [3.8, 4) is 5.75 Å². The van der Waals surface area contributed by atoms with E-state index in [2.05, 4.69) is 6.58 Å². The number of phenolic OH excluding ortho intramolecular Hbond substituents is 1. The maximum Gasteiger partial charge on any atom is 0.294 e.